The number of phenolic OH excluding ortho intramolecular Hbond substituents is 1. The van der Waals surface area contributed by atoms with Crippen LogP contribution in [0.15, 0.2) is 12.1 Å². The van der Waals surface area contributed by atoms with E-state index in [1.807, 2.05) is 0 Å². The summed E-state index contributed by atoms with van der Waals surface area (Å²) in [5, 5.41) is 19.5. The molecule has 0 aromatic heterocycles. The molecule has 104 valence electrons. The fraction of sp³-hybridized carbons (Fsp3) is 0.462. The quantitative estimate of drug-likeness (QED) is 0.897. The molecule has 0 saturated carbocycles. The predicted octanol–water partition coefficient (Wildman–Crippen LogP) is 3.14. The molecule has 6 heteroatoms. The van der Waals surface area contributed by atoms with Crippen molar-refractivity contribution in [3.63, 3.8) is 0 Å². The molecule has 0 aliphatic carbocycles. The van der Waals surface area contributed by atoms with E-state index in [1.54, 1.807) is 6.07 Å². The van der Waals surface area contributed by atoms with E-state index in [-0.39, 0.29) is 23.2 Å². The third-order valence-corrected chi connectivity index (χ3v) is 3.90. The molecule has 1 atom stereocenters. The Hall–Kier alpha value is -0.970. The molecule has 0 spiro atoms. The zero-order valence-electron chi connectivity index (χ0n) is 10.3. The number of phenols is 1. The fourth-order valence-electron chi connectivity index (χ4n) is 2.49. The Kier molecular flexibility index (Phi) is 4.55. The topological polar surface area (TPSA) is 60.8 Å². The Labute approximate surface area is 121 Å². The summed E-state index contributed by atoms with van der Waals surface area (Å²) in [7, 11) is 0. The van der Waals surface area contributed by atoms with Crippen molar-refractivity contribution in [1.82, 2.24) is 4.90 Å². The molecule has 1 saturated heterocycles. The summed E-state index contributed by atoms with van der Waals surface area (Å²) in [5.74, 6) is -0.780. The monoisotopic (exact) mass is 303 g/mol. The molecule has 2 N–H and O–H groups in total. The van der Waals surface area contributed by atoms with Gasteiger partial charge in [-0.1, -0.05) is 23.2 Å². The van der Waals surface area contributed by atoms with E-state index in [0.29, 0.717) is 17.1 Å². The Morgan fingerprint density at radius 2 is 2.16 bits per heavy atom. The van der Waals surface area contributed by atoms with Crippen LogP contribution in [0.5, 0.6) is 5.75 Å². The van der Waals surface area contributed by atoms with Crippen LogP contribution in [0.4, 0.5) is 0 Å². The van der Waals surface area contributed by atoms with E-state index in [0.717, 1.165) is 19.4 Å². The van der Waals surface area contributed by atoms with Crippen molar-refractivity contribution in [2.45, 2.75) is 31.8 Å². The van der Waals surface area contributed by atoms with E-state index >= 15 is 0 Å². The number of hydrogen-bond acceptors (Lipinski definition) is 3. The van der Waals surface area contributed by atoms with E-state index in [2.05, 4.69) is 4.90 Å². The number of aliphatic carboxylic acids is 1. The second-order valence-corrected chi connectivity index (χ2v) is 5.60. The highest BCUT2D eigenvalue weighted by Gasteiger charge is 2.27. The maximum atomic E-state index is 10.8. The Morgan fingerprint density at radius 3 is 2.84 bits per heavy atom. The van der Waals surface area contributed by atoms with Gasteiger partial charge in [0.2, 0.25) is 0 Å². The van der Waals surface area contributed by atoms with Crippen molar-refractivity contribution in [1.29, 1.82) is 0 Å². The minimum Gasteiger partial charge on any atom is -0.506 e. The molecule has 1 aliphatic heterocycles. The molecule has 1 heterocycles. The number of carboxylic acids is 1. The first-order valence-electron chi connectivity index (χ1n) is 6.10. The average Bonchev–Trinajstić information content (AvgIpc) is 2.72. The largest absolute Gasteiger partial charge is 0.506 e. The molecule has 0 amide bonds. The van der Waals surface area contributed by atoms with Gasteiger partial charge >= 0.3 is 5.97 Å². The number of aromatic hydroxyl groups is 1. The summed E-state index contributed by atoms with van der Waals surface area (Å²) in [6, 6.07) is 3.16. The van der Waals surface area contributed by atoms with E-state index in [9.17, 15) is 9.90 Å². The molecule has 1 aliphatic rings. The number of rotatable bonds is 4. The smallest absolute Gasteiger partial charge is 0.304 e. The lowest BCUT2D eigenvalue weighted by molar-refractivity contribution is -0.138. The minimum atomic E-state index is -0.801. The highest BCUT2D eigenvalue weighted by Crippen LogP contribution is 2.33. The molecule has 1 unspecified atom stereocenters. The van der Waals surface area contributed by atoms with Crippen LogP contribution in [0.2, 0.25) is 10.0 Å². The van der Waals surface area contributed by atoms with Crippen LogP contribution >= 0.6 is 23.2 Å². The number of halogens is 2. The second kappa shape index (κ2) is 5.99. The predicted molar refractivity (Wildman–Crippen MR) is 73.8 cm³/mol. The van der Waals surface area contributed by atoms with Crippen molar-refractivity contribution in [3.8, 4) is 5.75 Å². The zero-order valence-corrected chi connectivity index (χ0v) is 11.8. The van der Waals surface area contributed by atoms with Gasteiger partial charge in [-0.05, 0) is 31.5 Å². The molecular formula is C13H15Cl2NO3. The van der Waals surface area contributed by atoms with Gasteiger partial charge in [0.05, 0.1) is 11.4 Å². The molecule has 1 aromatic carbocycles. The van der Waals surface area contributed by atoms with Gasteiger partial charge in [0.15, 0.2) is 0 Å². The Morgan fingerprint density at radius 1 is 1.42 bits per heavy atom. The molecule has 2 rings (SSSR count). The lowest BCUT2D eigenvalue weighted by Crippen LogP contribution is -2.30. The third kappa shape index (κ3) is 3.53. The van der Waals surface area contributed by atoms with Gasteiger partial charge in [-0.25, -0.2) is 0 Å². The molecule has 1 fully saturated rings. The van der Waals surface area contributed by atoms with E-state index in [1.165, 1.54) is 6.07 Å². The second-order valence-electron chi connectivity index (χ2n) is 4.76. The van der Waals surface area contributed by atoms with Crippen molar-refractivity contribution in [2.24, 2.45) is 0 Å². The highest BCUT2D eigenvalue weighted by atomic mass is 35.5. The van der Waals surface area contributed by atoms with E-state index in [4.69, 9.17) is 28.3 Å². The third-order valence-electron chi connectivity index (χ3n) is 3.39. The standard InChI is InChI=1S/C13H15Cl2NO3/c14-9-4-8(13(19)11(15)5-9)7-16-3-1-2-10(16)6-12(17)18/h4-5,10,19H,1-3,6-7H2,(H,17,18). The molecule has 19 heavy (non-hydrogen) atoms. The lowest BCUT2D eigenvalue weighted by atomic mass is 10.1. The number of benzene rings is 1. The van der Waals surface area contributed by atoms with Crippen molar-refractivity contribution in [3.05, 3.63) is 27.7 Å². The van der Waals surface area contributed by atoms with Gasteiger partial charge in [0, 0.05) is 23.2 Å². The average molecular weight is 304 g/mol. The van der Waals surface area contributed by atoms with Crippen LogP contribution in [0.1, 0.15) is 24.8 Å². The lowest BCUT2D eigenvalue weighted by Gasteiger charge is -2.23. The van der Waals surface area contributed by atoms with Crippen molar-refractivity contribution in [2.75, 3.05) is 6.54 Å². The Balaban J connectivity index is 2.14. The number of likely N-dealkylation sites (tertiary alicyclic amines) is 1. The van der Waals surface area contributed by atoms with Gasteiger partial charge in [-0.2, -0.15) is 0 Å². The molecule has 0 bridgehead atoms. The molecule has 1 aromatic rings. The fourth-order valence-corrected chi connectivity index (χ4v) is 3.03. The van der Waals surface area contributed by atoms with Crippen LogP contribution in [-0.2, 0) is 11.3 Å². The van der Waals surface area contributed by atoms with Crippen LogP contribution in [0.25, 0.3) is 0 Å². The maximum absolute atomic E-state index is 10.8. The summed E-state index contributed by atoms with van der Waals surface area (Å²) in [5.41, 5.74) is 0.634. The first-order valence-corrected chi connectivity index (χ1v) is 6.85. The van der Waals surface area contributed by atoms with Gasteiger partial charge in [0.25, 0.3) is 0 Å². The van der Waals surface area contributed by atoms with Crippen LogP contribution < -0.4 is 0 Å². The number of carboxylic acid groups (broad SMARTS) is 1. The van der Waals surface area contributed by atoms with Crippen LogP contribution in [-0.4, -0.2) is 33.7 Å². The van der Waals surface area contributed by atoms with Crippen molar-refractivity contribution >= 4 is 29.2 Å². The summed E-state index contributed by atoms with van der Waals surface area (Å²) < 4.78 is 0. The van der Waals surface area contributed by atoms with Crippen LogP contribution in [0, 0.1) is 0 Å². The normalized spacial score (nSPS) is 19.8. The Bertz CT molecular complexity index is 493. The molecule has 0 radical (unpaired) electrons. The maximum Gasteiger partial charge on any atom is 0.304 e. The SMILES string of the molecule is O=C(O)CC1CCCN1Cc1cc(Cl)cc(Cl)c1O. The van der Waals surface area contributed by atoms with Crippen LogP contribution in [0.3, 0.4) is 0 Å². The summed E-state index contributed by atoms with van der Waals surface area (Å²) >= 11 is 11.8. The van der Waals surface area contributed by atoms with Gasteiger partial charge < -0.3 is 10.2 Å². The van der Waals surface area contributed by atoms with Gasteiger partial charge in [0.1, 0.15) is 5.75 Å². The molecular weight excluding hydrogens is 289 g/mol. The first kappa shape index (κ1) is 14.4. The van der Waals surface area contributed by atoms with Gasteiger partial charge in [-0.15, -0.1) is 0 Å². The van der Waals surface area contributed by atoms with Gasteiger partial charge in [-0.3, -0.25) is 9.69 Å². The number of hydrogen-bond donors (Lipinski definition) is 2. The zero-order chi connectivity index (χ0) is 14.0. The minimum absolute atomic E-state index is 0.00894. The summed E-state index contributed by atoms with van der Waals surface area (Å²) in [6.45, 7) is 1.28. The first-order chi connectivity index (χ1) is 8.97. The summed E-state index contributed by atoms with van der Waals surface area (Å²) in [6.07, 6.45) is 1.95. The van der Waals surface area contributed by atoms with E-state index < -0.39 is 5.97 Å². The number of nitrogens with zero attached hydrogens (tertiary/aromatic N) is 1. The van der Waals surface area contributed by atoms with Crippen molar-refractivity contribution < 1.29 is 15.0 Å². The molecule has 4 nitrogen and oxygen atoms in total. The number of carbonyl (C=O) groups is 1. The highest BCUT2D eigenvalue weighted by molar-refractivity contribution is 6.35. The summed E-state index contributed by atoms with van der Waals surface area (Å²) in [4.78, 5) is 12.9.